The minimum Gasteiger partial charge on any atom is -0.399 e. The Morgan fingerprint density at radius 1 is 1.17 bits per heavy atom. The molecule has 0 bridgehead atoms. The van der Waals surface area contributed by atoms with E-state index in [1.54, 1.807) is 30.3 Å². The Morgan fingerprint density at radius 3 is 2.44 bits per heavy atom. The average molecular weight is 308 g/mol. The number of carbonyl (C=O) groups is 1. The highest BCUT2D eigenvalue weighted by molar-refractivity contribution is 9.10. The van der Waals surface area contributed by atoms with E-state index in [1.165, 1.54) is 12.1 Å². The van der Waals surface area contributed by atoms with Crippen molar-refractivity contribution in [3.63, 3.8) is 0 Å². The van der Waals surface area contributed by atoms with E-state index in [0.29, 0.717) is 15.7 Å². The van der Waals surface area contributed by atoms with Gasteiger partial charge in [0.25, 0.3) is 0 Å². The van der Waals surface area contributed by atoms with Crippen molar-refractivity contribution in [1.82, 2.24) is 0 Å². The summed E-state index contributed by atoms with van der Waals surface area (Å²) in [5.41, 5.74) is 7.57. The van der Waals surface area contributed by atoms with Gasteiger partial charge in [0.05, 0.1) is 0 Å². The minimum atomic E-state index is -0.306. The van der Waals surface area contributed by atoms with E-state index in [-0.39, 0.29) is 18.0 Å². The summed E-state index contributed by atoms with van der Waals surface area (Å²) in [4.78, 5) is 12.1. The Bertz CT molecular complexity index is 581. The molecule has 0 aliphatic heterocycles. The summed E-state index contributed by atoms with van der Waals surface area (Å²) in [5.74, 6) is -0.339. The van der Waals surface area contributed by atoms with Crippen LogP contribution >= 0.6 is 15.9 Å². The van der Waals surface area contributed by atoms with Gasteiger partial charge in [-0.3, -0.25) is 4.79 Å². The van der Waals surface area contributed by atoms with Gasteiger partial charge in [0.2, 0.25) is 0 Å². The third kappa shape index (κ3) is 2.96. The first-order valence-electron chi connectivity index (χ1n) is 5.39. The zero-order valence-corrected chi connectivity index (χ0v) is 11.1. The topological polar surface area (TPSA) is 43.1 Å². The fraction of sp³-hybridized carbons (Fsp3) is 0.0714. The minimum absolute atomic E-state index is 0.0338. The predicted molar refractivity (Wildman–Crippen MR) is 73.0 cm³/mol. The lowest BCUT2D eigenvalue weighted by Gasteiger charge is -2.05. The van der Waals surface area contributed by atoms with E-state index in [2.05, 4.69) is 15.9 Å². The van der Waals surface area contributed by atoms with E-state index >= 15 is 0 Å². The van der Waals surface area contributed by atoms with Crippen molar-refractivity contribution in [3.8, 4) is 0 Å². The summed E-state index contributed by atoms with van der Waals surface area (Å²) < 4.78 is 13.4. The predicted octanol–water partition coefficient (Wildman–Crippen LogP) is 3.60. The summed E-state index contributed by atoms with van der Waals surface area (Å²) >= 11 is 3.31. The molecule has 0 spiro atoms. The van der Waals surface area contributed by atoms with Crippen LogP contribution in [0.4, 0.5) is 10.1 Å². The number of anilines is 1. The number of nitrogen functional groups attached to an aromatic ring is 1. The Morgan fingerprint density at radius 2 is 1.83 bits per heavy atom. The largest absolute Gasteiger partial charge is 0.399 e. The van der Waals surface area contributed by atoms with Crippen LogP contribution in [0, 0.1) is 5.82 Å². The van der Waals surface area contributed by atoms with Crippen LogP contribution in [0.5, 0.6) is 0 Å². The van der Waals surface area contributed by atoms with Gasteiger partial charge in [-0.05, 0) is 51.8 Å². The molecule has 0 saturated carbocycles. The second-order valence-electron chi connectivity index (χ2n) is 3.97. The van der Waals surface area contributed by atoms with Crippen molar-refractivity contribution in [2.24, 2.45) is 0 Å². The molecule has 0 atom stereocenters. The third-order valence-corrected chi connectivity index (χ3v) is 3.23. The third-order valence-electron chi connectivity index (χ3n) is 2.57. The highest BCUT2D eigenvalue weighted by Crippen LogP contribution is 2.21. The quantitative estimate of drug-likeness (QED) is 0.695. The van der Waals surface area contributed by atoms with Crippen molar-refractivity contribution in [2.45, 2.75) is 6.42 Å². The number of rotatable bonds is 3. The molecule has 2 aromatic carbocycles. The molecule has 2 nitrogen and oxygen atoms in total. The molecule has 0 radical (unpaired) electrons. The molecule has 0 amide bonds. The summed E-state index contributed by atoms with van der Waals surface area (Å²) in [6, 6.07) is 11.0. The lowest BCUT2D eigenvalue weighted by molar-refractivity contribution is 0.0992. The first kappa shape index (κ1) is 12.8. The molecule has 92 valence electrons. The second kappa shape index (κ2) is 5.31. The lowest BCUT2D eigenvalue weighted by Crippen LogP contribution is -2.05. The first-order chi connectivity index (χ1) is 8.56. The molecule has 0 heterocycles. The Labute approximate surface area is 113 Å². The molecule has 0 unspecified atom stereocenters. The number of hydrogen-bond acceptors (Lipinski definition) is 2. The number of Topliss-reactive ketones (excluding diaryl/α,β-unsaturated/α-hetero) is 1. The van der Waals surface area contributed by atoms with Crippen LogP contribution in [0.1, 0.15) is 15.9 Å². The van der Waals surface area contributed by atoms with Crippen molar-refractivity contribution in [2.75, 3.05) is 5.73 Å². The standard InChI is InChI=1S/C14H11BrFNO/c15-13-8-11(17)5-6-12(13)14(18)7-9-1-3-10(16)4-2-9/h1-6,8H,7,17H2. The fourth-order valence-electron chi connectivity index (χ4n) is 1.64. The van der Waals surface area contributed by atoms with Gasteiger partial charge >= 0.3 is 0 Å². The number of nitrogens with two attached hydrogens (primary N) is 1. The molecule has 2 rings (SSSR count). The van der Waals surface area contributed by atoms with E-state index < -0.39 is 0 Å². The van der Waals surface area contributed by atoms with Gasteiger partial charge in [-0.2, -0.15) is 0 Å². The monoisotopic (exact) mass is 307 g/mol. The SMILES string of the molecule is Nc1ccc(C(=O)Cc2ccc(F)cc2)c(Br)c1. The van der Waals surface area contributed by atoms with Crippen LogP contribution in [-0.4, -0.2) is 5.78 Å². The van der Waals surface area contributed by atoms with E-state index in [1.807, 2.05) is 0 Å². The number of benzene rings is 2. The van der Waals surface area contributed by atoms with Crippen molar-refractivity contribution >= 4 is 27.4 Å². The molecule has 0 aromatic heterocycles. The van der Waals surface area contributed by atoms with Crippen LogP contribution < -0.4 is 5.73 Å². The van der Waals surface area contributed by atoms with Crippen LogP contribution in [-0.2, 0) is 6.42 Å². The van der Waals surface area contributed by atoms with Crippen molar-refractivity contribution in [1.29, 1.82) is 0 Å². The molecular formula is C14H11BrFNO. The van der Waals surface area contributed by atoms with Gasteiger partial charge in [0, 0.05) is 22.1 Å². The summed E-state index contributed by atoms with van der Waals surface area (Å²) in [7, 11) is 0. The van der Waals surface area contributed by atoms with Crippen LogP contribution in [0.25, 0.3) is 0 Å². The second-order valence-corrected chi connectivity index (χ2v) is 4.82. The summed E-state index contributed by atoms with van der Waals surface area (Å²) in [6.07, 6.45) is 0.239. The molecule has 0 aliphatic carbocycles. The molecule has 2 N–H and O–H groups in total. The van der Waals surface area contributed by atoms with Crippen LogP contribution in [0.3, 0.4) is 0 Å². The zero-order valence-electron chi connectivity index (χ0n) is 9.49. The lowest BCUT2D eigenvalue weighted by atomic mass is 10.0. The smallest absolute Gasteiger partial charge is 0.168 e. The van der Waals surface area contributed by atoms with E-state index in [9.17, 15) is 9.18 Å². The van der Waals surface area contributed by atoms with Crippen molar-refractivity contribution < 1.29 is 9.18 Å². The molecule has 2 aromatic rings. The zero-order chi connectivity index (χ0) is 13.1. The van der Waals surface area contributed by atoms with Gasteiger partial charge in [0.15, 0.2) is 5.78 Å². The maximum atomic E-state index is 12.7. The number of hydrogen-bond donors (Lipinski definition) is 1. The van der Waals surface area contributed by atoms with Gasteiger partial charge < -0.3 is 5.73 Å². The molecular weight excluding hydrogens is 297 g/mol. The van der Waals surface area contributed by atoms with Crippen molar-refractivity contribution in [3.05, 3.63) is 63.9 Å². The number of ketones is 1. The normalized spacial score (nSPS) is 10.3. The maximum Gasteiger partial charge on any atom is 0.168 e. The summed E-state index contributed by atoms with van der Waals surface area (Å²) in [5, 5.41) is 0. The highest BCUT2D eigenvalue weighted by Gasteiger charge is 2.11. The molecule has 18 heavy (non-hydrogen) atoms. The Hall–Kier alpha value is -1.68. The van der Waals surface area contributed by atoms with Gasteiger partial charge in [-0.1, -0.05) is 12.1 Å². The van der Waals surface area contributed by atoms with E-state index in [0.717, 1.165) is 5.56 Å². The highest BCUT2D eigenvalue weighted by atomic mass is 79.9. The van der Waals surface area contributed by atoms with Crippen LogP contribution in [0.15, 0.2) is 46.9 Å². The number of halogens is 2. The molecule has 0 saturated heterocycles. The maximum absolute atomic E-state index is 12.7. The van der Waals surface area contributed by atoms with Gasteiger partial charge in [-0.25, -0.2) is 4.39 Å². The molecule has 0 fully saturated rings. The van der Waals surface area contributed by atoms with Gasteiger partial charge in [0.1, 0.15) is 5.82 Å². The number of carbonyl (C=O) groups excluding carboxylic acids is 1. The molecule has 0 aliphatic rings. The Balaban J connectivity index is 2.19. The summed E-state index contributed by atoms with van der Waals surface area (Å²) in [6.45, 7) is 0. The fourth-order valence-corrected chi connectivity index (χ4v) is 2.26. The van der Waals surface area contributed by atoms with Gasteiger partial charge in [-0.15, -0.1) is 0 Å². The first-order valence-corrected chi connectivity index (χ1v) is 6.18. The van der Waals surface area contributed by atoms with E-state index in [4.69, 9.17) is 5.73 Å². The Kier molecular flexibility index (Phi) is 3.77. The average Bonchev–Trinajstić information content (AvgIpc) is 2.32. The van der Waals surface area contributed by atoms with Crippen LogP contribution in [0.2, 0.25) is 0 Å². The molecule has 4 heteroatoms.